The highest BCUT2D eigenvalue weighted by Crippen LogP contribution is 2.31. The minimum absolute atomic E-state index is 0.155. The molecule has 0 atom stereocenters. The van der Waals surface area contributed by atoms with Crippen LogP contribution in [0.1, 0.15) is 5.69 Å². The normalized spacial score (nSPS) is 11.9. The van der Waals surface area contributed by atoms with Gasteiger partial charge in [-0.1, -0.05) is 0 Å². The molecule has 0 aromatic carbocycles. The molecule has 0 bridgehead atoms. The van der Waals surface area contributed by atoms with Crippen LogP contribution in [0.5, 0.6) is 0 Å². The molecule has 96 valence electrons. The fourth-order valence-corrected chi connectivity index (χ4v) is 1.84. The molecule has 0 unspecified atom stereocenters. The molecule has 0 spiro atoms. The van der Waals surface area contributed by atoms with Gasteiger partial charge in [-0.25, -0.2) is 9.97 Å². The minimum atomic E-state index is -4.45. The number of alkyl halides is 3. The summed E-state index contributed by atoms with van der Waals surface area (Å²) in [5.41, 5.74) is 0.346. The highest BCUT2D eigenvalue weighted by molar-refractivity contribution is 5.73. The molecule has 19 heavy (non-hydrogen) atoms. The van der Waals surface area contributed by atoms with Crippen molar-refractivity contribution >= 4 is 5.65 Å². The quantitative estimate of drug-likeness (QED) is 0.678. The SMILES string of the molecule is FC(F)(F)c1ccnc2c(-c3cccnc3)ncn12. The van der Waals surface area contributed by atoms with Gasteiger partial charge in [0, 0.05) is 24.2 Å². The number of halogens is 3. The van der Waals surface area contributed by atoms with Crippen molar-refractivity contribution in [2.45, 2.75) is 6.18 Å². The zero-order chi connectivity index (χ0) is 13.5. The Bertz CT molecular complexity index is 719. The van der Waals surface area contributed by atoms with Crippen molar-refractivity contribution in [2.75, 3.05) is 0 Å². The van der Waals surface area contributed by atoms with Crippen molar-refractivity contribution < 1.29 is 13.2 Å². The van der Waals surface area contributed by atoms with Gasteiger partial charge >= 0.3 is 6.18 Å². The average molecular weight is 264 g/mol. The molecule has 3 rings (SSSR count). The Hall–Kier alpha value is -2.44. The van der Waals surface area contributed by atoms with Crippen LogP contribution in [0, 0.1) is 0 Å². The topological polar surface area (TPSA) is 43.1 Å². The summed E-state index contributed by atoms with van der Waals surface area (Å²) in [5, 5.41) is 0. The molecule has 0 aliphatic heterocycles. The molecular formula is C12H7F3N4. The minimum Gasteiger partial charge on any atom is -0.278 e. The first-order chi connectivity index (χ1) is 9.07. The van der Waals surface area contributed by atoms with E-state index in [1.165, 1.54) is 6.20 Å². The number of pyridine rings is 1. The van der Waals surface area contributed by atoms with Crippen LogP contribution >= 0.6 is 0 Å². The van der Waals surface area contributed by atoms with Gasteiger partial charge in [-0.3, -0.25) is 9.38 Å². The van der Waals surface area contributed by atoms with Crippen LogP contribution < -0.4 is 0 Å². The molecule has 0 radical (unpaired) electrons. The third kappa shape index (κ3) is 1.92. The lowest BCUT2D eigenvalue weighted by Gasteiger charge is -2.08. The van der Waals surface area contributed by atoms with Gasteiger partial charge < -0.3 is 0 Å². The van der Waals surface area contributed by atoms with E-state index in [9.17, 15) is 13.2 Å². The first-order valence-electron chi connectivity index (χ1n) is 5.37. The van der Waals surface area contributed by atoms with Crippen LogP contribution in [0.25, 0.3) is 16.9 Å². The maximum atomic E-state index is 12.8. The summed E-state index contributed by atoms with van der Waals surface area (Å²) in [7, 11) is 0. The van der Waals surface area contributed by atoms with Crippen molar-refractivity contribution in [2.24, 2.45) is 0 Å². The largest absolute Gasteiger partial charge is 0.431 e. The third-order valence-electron chi connectivity index (χ3n) is 2.66. The lowest BCUT2D eigenvalue weighted by atomic mass is 10.2. The second-order valence-corrected chi connectivity index (χ2v) is 3.86. The molecule has 3 aromatic rings. The first-order valence-corrected chi connectivity index (χ1v) is 5.37. The van der Waals surface area contributed by atoms with Gasteiger partial charge in [-0.15, -0.1) is 0 Å². The zero-order valence-electron chi connectivity index (χ0n) is 9.46. The van der Waals surface area contributed by atoms with Crippen molar-refractivity contribution in [3.8, 4) is 11.3 Å². The van der Waals surface area contributed by atoms with Crippen LogP contribution in [0.4, 0.5) is 13.2 Å². The lowest BCUT2D eigenvalue weighted by Crippen LogP contribution is -2.11. The molecule has 0 N–H and O–H groups in total. The Balaban J connectivity index is 2.26. The van der Waals surface area contributed by atoms with E-state index < -0.39 is 11.9 Å². The summed E-state index contributed by atoms with van der Waals surface area (Å²) in [4.78, 5) is 11.9. The second kappa shape index (κ2) is 4.04. The van der Waals surface area contributed by atoms with Gasteiger partial charge in [-0.05, 0) is 18.2 Å². The van der Waals surface area contributed by atoms with Gasteiger partial charge in [0.25, 0.3) is 0 Å². The average Bonchev–Trinajstić information content (AvgIpc) is 2.82. The third-order valence-corrected chi connectivity index (χ3v) is 2.66. The summed E-state index contributed by atoms with van der Waals surface area (Å²) in [5.74, 6) is 0. The van der Waals surface area contributed by atoms with E-state index in [1.807, 2.05) is 0 Å². The predicted octanol–water partition coefficient (Wildman–Crippen LogP) is 2.81. The van der Waals surface area contributed by atoms with Crippen LogP contribution in [0.15, 0.2) is 43.1 Å². The maximum Gasteiger partial charge on any atom is 0.431 e. The van der Waals surface area contributed by atoms with E-state index in [0.29, 0.717) is 11.3 Å². The van der Waals surface area contributed by atoms with Crippen molar-refractivity contribution in [3.63, 3.8) is 0 Å². The molecule has 3 aromatic heterocycles. The molecule has 0 fully saturated rings. The Morgan fingerprint density at radius 2 is 1.89 bits per heavy atom. The van der Waals surface area contributed by atoms with Crippen LogP contribution in [-0.4, -0.2) is 19.4 Å². The highest BCUT2D eigenvalue weighted by atomic mass is 19.4. The van der Waals surface area contributed by atoms with Crippen LogP contribution in [0.2, 0.25) is 0 Å². The second-order valence-electron chi connectivity index (χ2n) is 3.86. The van der Waals surface area contributed by atoms with Gasteiger partial charge in [0.15, 0.2) is 5.65 Å². The number of fused-ring (bicyclic) bond motifs is 1. The van der Waals surface area contributed by atoms with E-state index in [-0.39, 0.29) is 5.65 Å². The first kappa shape index (κ1) is 11.6. The van der Waals surface area contributed by atoms with E-state index in [0.717, 1.165) is 23.0 Å². The molecule has 7 heteroatoms. The smallest absolute Gasteiger partial charge is 0.278 e. The summed E-state index contributed by atoms with van der Waals surface area (Å²) >= 11 is 0. The molecule has 3 heterocycles. The summed E-state index contributed by atoms with van der Waals surface area (Å²) in [6.07, 6.45) is 0.905. The van der Waals surface area contributed by atoms with Gasteiger partial charge in [0.05, 0.1) is 0 Å². The van der Waals surface area contributed by atoms with E-state index in [2.05, 4.69) is 15.0 Å². The monoisotopic (exact) mass is 264 g/mol. The fraction of sp³-hybridized carbons (Fsp3) is 0.0833. The molecule has 0 saturated carbocycles. The number of aromatic nitrogens is 4. The van der Waals surface area contributed by atoms with E-state index in [4.69, 9.17) is 0 Å². The number of hydrogen-bond acceptors (Lipinski definition) is 3. The van der Waals surface area contributed by atoms with Crippen LogP contribution in [-0.2, 0) is 6.18 Å². The molecule has 0 saturated heterocycles. The number of nitrogens with zero attached hydrogens (tertiary/aromatic N) is 4. The number of imidazole rings is 1. The zero-order valence-corrected chi connectivity index (χ0v) is 9.46. The van der Waals surface area contributed by atoms with Crippen molar-refractivity contribution in [3.05, 3.63) is 48.8 Å². The lowest BCUT2D eigenvalue weighted by molar-refractivity contribution is -0.142. The Labute approximate surface area is 105 Å². The molecular weight excluding hydrogens is 257 g/mol. The molecule has 0 amide bonds. The molecule has 0 aliphatic rings. The molecule has 4 nitrogen and oxygen atoms in total. The predicted molar refractivity (Wildman–Crippen MR) is 61.2 cm³/mol. The number of hydrogen-bond donors (Lipinski definition) is 0. The Kier molecular flexibility index (Phi) is 2.48. The highest BCUT2D eigenvalue weighted by Gasteiger charge is 2.34. The number of rotatable bonds is 1. The summed E-state index contributed by atoms with van der Waals surface area (Å²) in [6, 6.07) is 4.33. The van der Waals surface area contributed by atoms with Crippen molar-refractivity contribution in [1.29, 1.82) is 0 Å². The molecule has 0 aliphatic carbocycles. The Morgan fingerprint density at radius 1 is 1.05 bits per heavy atom. The Morgan fingerprint density at radius 3 is 2.58 bits per heavy atom. The summed E-state index contributed by atoms with van der Waals surface area (Å²) < 4.78 is 39.5. The fourth-order valence-electron chi connectivity index (χ4n) is 1.84. The standard InChI is InChI=1S/C12H7F3N4/c13-12(14,15)9-3-5-17-11-10(18-7-19(9)11)8-2-1-4-16-6-8/h1-7H. The van der Waals surface area contributed by atoms with Crippen molar-refractivity contribution in [1.82, 2.24) is 19.4 Å². The maximum absolute atomic E-state index is 12.8. The van der Waals surface area contributed by atoms with Gasteiger partial charge in [0.1, 0.15) is 17.7 Å². The van der Waals surface area contributed by atoms with Gasteiger partial charge in [0.2, 0.25) is 0 Å². The van der Waals surface area contributed by atoms with Crippen LogP contribution in [0.3, 0.4) is 0 Å². The summed E-state index contributed by atoms with van der Waals surface area (Å²) in [6.45, 7) is 0. The van der Waals surface area contributed by atoms with E-state index >= 15 is 0 Å². The van der Waals surface area contributed by atoms with E-state index in [1.54, 1.807) is 18.3 Å². The van der Waals surface area contributed by atoms with Gasteiger partial charge in [-0.2, -0.15) is 13.2 Å².